The van der Waals surface area contributed by atoms with E-state index in [1.807, 2.05) is 42.9 Å². The third-order valence-electron chi connectivity index (χ3n) is 7.24. The number of hydrogen-bond donors (Lipinski definition) is 2. The molecule has 0 amide bonds. The summed E-state index contributed by atoms with van der Waals surface area (Å²) < 4.78 is 2.09. The molecule has 2 fully saturated rings. The number of imidazole rings is 1. The van der Waals surface area contributed by atoms with E-state index in [0.717, 1.165) is 52.6 Å². The zero-order valence-corrected chi connectivity index (χ0v) is 18.7. The molecule has 5 aromatic rings. The van der Waals surface area contributed by atoms with E-state index in [1.165, 1.54) is 11.8 Å². The Bertz CT molecular complexity index is 1520. The lowest BCUT2D eigenvalue weighted by Gasteiger charge is -2.29. The Balaban J connectivity index is 1.30. The van der Waals surface area contributed by atoms with Crippen LogP contribution in [0.3, 0.4) is 0 Å². The molecule has 3 atom stereocenters. The molecule has 3 N–H and O–H groups in total. The van der Waals surface area contributed by atoms with E-state index in [0.29, 0.717) is 12.1 Å². The van der Waals surface area contributed by atoms with Crippen molar-refractivity contribution in [3.63, 3.8) is 0 Å². The lowest BCUT2D eigenvalue weighted by molar-refractivity contribution is 0.570. The highest BCUT2D eigenvalue weighted by Gasteiger charge is 2.39. The van der Waals surface area contributed by atoms with E-state index < -0.39 is 0 Å². The van der Waals surface area contributed by atoms with Crippen LogP contribution < -0.4 is 16.0 Å². The average Bonchev–Trinajstić information content (AvgIpc) is 3.65. The van der Waals surface area contributed by atoms with Gasteiger partial charge in [-0.05, 0) is 34.9 Å². The minimum Gasteiger partial charge on any atom is -0.336 e. The van der Waals surface area contributed by atoms with Gasteiger partial charge < -0.3 is 16.0 Å². The number of fused-ring (bicyclic) bond motifs is 4. The van der Waals surface area contributed by atoms with Gasteiger partial charge in [-0.15, -0.1) is 0 Å². The average molecular weight is 448 g/mol. The molecule has 2 bridgehead atoms. The van der Waals surface area contributed by atoms with Crippen LogP contribution in [0.15, 0.2) is 79.3 Å². The van der Waals surface area contributed by atoms with Crippen molar-refractivity contribution in [3.8, 4) is 11.3 Å². The van der Waals surface area contributed by atoms with Crippen LogP contribution in [0.2, 0.25) is 0 Å². The lowest BCUT2D eigenvalue weighted by Crippen LogP contribution is -2.44. The molecule has 7 nitrogen and oxygen atoms in total. The van der Waals surface area contributed by atoms with Gasteiger partial charge in [0.05, 0.1) is 17.4 Å². The Labute approximate surface area is 197 Å². The van der Waals surface area contributed by atoms with Gasteiger partial charge in [-0.2, -0.15) is 0 Å². The number of rotatable bonds is 4. The molecule has 2 aliphatic rings. The molecule has 3 aromatic heterocycles. The first kappa shape index (κ1) is 19.6. The van der Waals surface area contributed by atoms with Crippen LogP contribution in [-0.4, -0.2) is 44.5 Å². The van der Waals surface area contributed by atoms with E-state index in [1.54, 1.807) is 0 Å². The van der Waals surface area contributed by atoms with Crippen LogP contribution in [-0.2, 0) is 0 Å². The number of benzene rings is 2. The molecule has 7 rings (SSSR count). The smallest absolute Gasteiger partial charge is 0.212 e. The van der Waals surface area contributed by atoms with Gasteiger partial charge in [-0.1, -0.05) is 42.5 Å². The fourth-order valence-corrected chi connectivity index (χ4v) is 5.52. The molecule has 0 aliphatic carbocycles. The summed E-state index contributed by atoms with van der Waals surface area (Å²) in [5, 5.41) is 5.91. The molecular formula is C27H25N7. The Morgan fingerprint density at radius 1 is 1.00 bits per heavy atom. The van der Waals surface area contributed by atoms with Gasteiger partial charge in [-0.25, -0.2) is 9.97 Å². The minimum absolute atomic E-state index is 0.332. The maximum absolute atomic E-state index is 6.76. The van der Waals surface area contributed by atoms with Crippen molar-refractivity contribution in [1.29, 1.82) is 0 Å². The van der Waals surface area contributed by atoms with E-state index in [4.69, 9.17) is 10.7 Å². The van der Waals surface area contributed by atoms with Crippen LogP contribution in [0, 0.1) is 0 Å². The van der Waals surface area contributed by atoms with Gasteiger partial charge in [0.2, 0.25) is 5.95 Å². The normalized spacial score (nSPS) is 20.4. The molecule has 2 aromatic carbocycles. The number of anilines is 1. The second-order valence-corrected chi connectivity index (χ2v) is 9.26. The summed E-state index contributed by atoms with van der Waals surface area (Å²) in [6.07, 6.45) is 6.83. The van der Waals surface area contributed by atoms with Crippen molar-refractivity contribution >= 4 is 22.4 Å². The molecule has 34 heavy (non-hydrogen) atoms. The third-order valence-corrected chi connectivity index (χ3v) is 7.24. The molecular weight excluding hydrogens is 422 g/mol. The van der Waals surface area contributed by atoms with Crippen molar-refractivity contribution in [2.75, 3.05) is 18.0 Å². The first-order chi connectivity index (χ1) is 16.7. The number of nitrogens with zero attached hydrogens (tertiary/aromatic N) is 5. The van der Waals surface area contributed by atoms with Crippen LogP contribution in [0.25, 0.3) is 27.7 Å². The molecule has 5 heterocycles. The minimum atomic E-state index is -0.332. The summed E-state index contributed by atoms with van der Waals surface area (Å²) >= 11 is 0. The van der Waals surface area contributed by atoms with Gasteiger partial charge in [0.15, 0.2) is 0 Å². The van der Waals surface area contributed by atoms with Crippen LogP contribution in [0.4, 0.5) is 5.95 Å². The second kappa shape index (κ2) is 7.62. The highest BCUT2D eigenvalue weighted by Crippen LogP contribution is 2.32. The molecule has 0 saturated carbocycles. The van der Waals surface area contributed by atoms with Crippen molar-refractivity contribution < 1.29 is 0 Å². The van der Waals surface area contributed by atoms with Crippen LogP contribution in [0.5, 0.6) is 0 Å². The Morgan fingerprint density at radius 3 is 2.79 bits per heavy atom. The number of nitrogens with one attached hydrogen (secondary N) is 1. The second-order valence-electron chi connectivity index (χ2n) is 9.26. The summed E-state index contributed by atoms with van der Waals surface area (Å²) in [4.78, 5) is 16.8. The van der Waals surface area contributed by atoms with Gasteiger partial charge in [-0.3, -0.25) is 9.38 Å². The largest absolute Gasteiger partial charge is 0.336 e. The maximum atomic E-state index is 6.76. The molecule has 168 valence electrons. The fourth-order valence-electron chi connectivity index (χ4n) is 5.52. The maximum Gasteiger partial charge on any atom is 0.212 e. The first-order valence-electron chi connectivity index (χ1n) is 11.8. The Kier molecular flexibility index (Phi) is 4.40. The number of piperazine rings is 1. The van der Waals surface area contributed by atoms with Crippen LogP contribution >= 0.6 is 0 Å². The van der Waals surface area contributed by atoms with E-state index in [-0.39, 0.29) is 6.04 Å². The number of aromatic nitrogens is 4. The first-order valence-corrected chi connectivity index (χ1v) is 11.8. The monoisotopic (exact) mass is 447 g/mol. The fraction of sp³-hybridized carbons (Fsp3) is 0.222. The number of nitrogens with two attached hydrogens (primary N) is 1. The van der Waals surface area contributed by atoms with Gasteiger partial charge in [0, 0.05) is 55.4 Å². The number of hydrogen-bond acceptors (Lipinski definition) is 6. The zero-order chi connectivity index (χ0) is 22.6. The standard InChI is InChI=1S/C27H25N7/c28-26(22-7-3-5-17-4-1-2-6-21(17)22)24-12-18(8-9-29-24)23-14-25-30-10-11-33(25)27(32-23)34-16-19-13-20(34)15-31-19/h1-12,14,19-20,26,31H,13,15-16,28H2/t19-,20-,26?/m0/s1. The summed E-state index contributed by atoms with van der Waals surface area (Å²) in [5.74, 6) is 0.954. The summed E-state index contributed by atoms with van der Waals surface area (Å²) in [6.45, 7) is 1.98. The molecule has 2 saturated heterocycles. The van der Waals surface area contributed by atoms with E-state index >= 15 is 0 Å². The summed E-state index contributed by atoms with van der Waals surface area (Å²) in [5.41, 5.74) is 11.4. The van der Waals surface area contributed by atoms with E-state index in [9.17, 15) is 0 Å². The number of pyridine rings is 1. The van der Waals surface area contributed by atoms with Crippen molar-refractivity contribution in [2.45, 2.75) is 24.5 Å². The quantitative estimate of drug-likeness (QED) is 0.438. The SMILES string of the molecule is NC(c1cc(-c2cc3nccn3c(N3C[C@@H]4C[C@H]3CN4)n2)ccn1)c1cccc2ccccc12. The van der Waals surface area contributed by atoms with Crippen molar-refractivity contribution in [2.24, 2.45) is 5.73 Å². The zero-order valence-electron chi connectivity index (χ0n) is 18.7. The highest BCUT2D eigenvalue weighted by atomic mass is 15.4. The van der Waals surface area contributed by atoms with E-state index in [2.05, 4.69) is 61.0 Å². The highest BCUT2D eigenvalue weighted by molar-refractivity contribution is 5.86. The summed E-state index contributed by atoms with van der Waals surface area (Å²) in [7, 11) is 0. The predicted octanol–water partition coefficient (Wildman–Crippen LogP) is 3.54. The molecule has 0 radical (unpaired) electrons. The Hall–Kier alpha value is -3.81. The van der Waals surface area contributed by atoms with Crippen molar-refractivity contribution in [3.05, 3.63) is 90.5 Å². The molecule has 1 unspecified atom stereocenters. The third kappa shape index (κ3) is 3.09. The van der Waals surface area contributed by atoms with Crippen LogP contribution in [0.1, 0.15) is 23.7 Å². The summed E-state index contributed by atoms with van der Waals surface area (Å²) in [6, 6.07) is 21.4. The van der Waals surface area contributed by atoms with Crippen molar-refractivity contribution in [1.82, 2.24) is 24.7 Å². The molecule has 0 spiro atoms. The molecule has 7 heteroatoms. The predicted molar refractivity (Wildman–Crippen MR) is 134 cm³/mol. The van der Waals surface area contributed by atoms with Gasteiger partial charge >= 0.3 is 0 Å². The van der Waals surface area contributed by atoms with Gasteiger partial charge in [0.1, 0.15) is 5.65 Å². The topological polar surface area (TPSA) is 84.4 Å². The molecule has 2 aliphatic heterocycles. The van der Waals surface area contributed by atoms with Gasteiger partial charge in [0.25, 0.3) is 0 Å². The lowest BCUT2D eigenvalue weighted by atomic mass is 9.96. The Morgan fingerprint density at radius 2 is 1.91 bits per heavy atom.